The van der Waals surface area contributed by atoms with Gasteiger partial charge in [-0.2, -0.15) is 0 Å². The molecule has 0 aromatic heterocycles. The fraction of sp³-hybridized carbons (Fsp3) is 0.500. The van der Waals surface area contributed by atoms with Gasteiger partial charge in [0.2, 0.25) is 5.96 Å². The summed E-state index contributed by atoms with van der Waals surface area (Å²) in [6.45, 7) is 3.73. The van der Waals surface area contributed by atoms with Crippen molar-refractivity contribution in [2.24, 2.45) is 16.8 Å². The van der Waals surface area contributed by atoms with Gasteiger partial charge in [0.1, 0.15) is 0 Å². The Kier molecular flexibility index (Phi) is 5.18. The van der Waals surface area contributed by atoms with E-state index in [0.29, 0.717) is 18.0 Å². The van der Waals surface area contributed by atoms with E-state index in [1.165, 1.54) is 0 Å². The highest BCUT2D eigenvalue weighted by molar-refractivity contribution is 5.93. The van der Waals surface area contributed by atoms with Crippen molar-refractivity contribution in [2.75, 3.05) is 18.5 Å². The molecule has 2 rings (SSSR count). The van der Waals surface area contributed by atoms with Gasteiger partial charge < -0.3 is 10.1 Å². The van der Waals surface area contributed by atoms with Crippen molar-refractivity contribution >= 4 is 11.6 Å². The van der Waals surface area contributed by atoms with Gasteiger partial charge in [0, 0.05) is 24.8 Å². The first-order chi connectivity index (χ1) is 9.33. The van der Waals surface area contributed by atoms with Crippen LogP contribution < -0.4 is 16.6 Å². The van der Waals surface area contributed by atoms with E-state index in [-0.39, 0.29) is 0 Å². The standard InChI is InChI=1S/C14H22N4O/c1-2-13-11(8-9-19-13)10-16-14(18-15)17-12-6-4-3-5-7-12/h3-7,11,13H,2,8-10,15H2,1H3,(H2,16,17,18). The third kappa shape index (κ3) is 3.94. The molecule has 2 unspecified atom stereocenters. The molecule has 1 aromatic rings. The molecular formula is C14H22N4O. The van der Waals surface area contributed by atoms with Gasteiger partial charge in [0.15, 0.2) is 0 Å². The summed E-state index contributed by atoms with van der Waals surface area (Å²) < 4.78 is 5.66. The van der Waals surface area contributed by atoms with Crippen LogP contribution in [-0.4, -0.2) is 25.2 Å². The van der Waals surface area contributed by atoms with Crippen LogP contribution in [0.3, 0.4) is 0 Å². The van der Waals surface area contributed by atoms with E-state index >= 15 is 0 Å². The lowest BCUT2D eigenvalue weighted by atomic mass is 10.0. The average Bonchev–Trinajstić information content (AvgIpc) is 2.92. The maximum Gasteiger partial charge on any atom is 0.210 e. The van der Waals surface area contributed by atoms with Crippen molar-refractivity contribution in [3.05, 3.63) is 30.3 Å². The van der Waals surface area contributed by atoms with Crippen LogP contribution in [0.1, 0.15) is 19.8 Å². The zero-order valence-electron chi connectivity index (χ0n) is 11.3. The summed E-state index contributed by atoms with van der Waals surface area (Å²) in [5.41, 5.74) is 3.57. The Morgan fingerprint density at radius 3 is 2.89 bits per heavy atom. The first-order valence-corrected chi connectivity index (χ1v) is 6.78. The van der Waals surface area contributed by atoms with E-state index in [9.17, 15) is 0 Å². The molecule has 0 aliphatic carbocycles. The molecule has 5 nitrogen and oxygen atoms in total. The molecule has 2 atom stereocenters. The summed E-state index contributed by atoms with van der Waals surface area (Å²) in [5, 5.41) is 3.16. The quantitative estimate of drug-likeness (QED) is 0.334. The molecule has 5 heteroatoms. The van der Waals surface area contributed by atoms with Gasteiger partial charge in [-0.3, -0.25) is 10.4 Å². The smallest absolute Gasteiger partial charge is 0.210 e. The average molecular weight is 262 g/mol. The minimum atomic E-state index is 0.333. The van der Waals surface area contributed by atoms with Crippen molar-refractivity contribution in [2.45, 2.75) is 25.9 Å². The number of nitrogens with two attached hydrogens (primary N) is 1. The lowest BCUT2D eigenvalue weighted by Crippen LogP contribution is -2.37. The highest BCUT2D eigenvalue weighted by atomic mass is 16.5. The Labute approximate surface area is 114 Å². The Hall–Kier alpha value is -1.59. The molecule has 0 spiro atoms. The number of anilines is 1. The van der Waals surface area contributed by atoms with Crippen LogP contribution in [0.4, 0.5) is 5.69 Å². The van der Waals surface area contributed by atoms with Gasteiger partial charge in [-0.15, -0.1) is 0 Å². The van der Waals surface area contributed by atoms with Crippen molar-refractivity contribution in [1.82, 2.24) is 5.43 Å². The minimum Gasteiger partial charge on any atom is -0.378 e. The topological polar surface area (TPSA) is 71.7 Å². The van der Waals surface area contributed by atoms with Crippen LogP contribution in [-0.2, 0) is 4.74 Å². The van der Waals surface area contributed by atoms with Crippen LogP contribution in [0.15, 0.2) is 35.3 Å². The monoisotopic (exact) mass is 262 g/mol. The van der Waals surface area contributed by atoms with Crippen LogP contribution >= 0.6 is 0 Å². The Balaban J connectivity index is 1.92. The predicted molar refractivity (Wildman–Crippen MR) is 77.8 cm³/mol. The number of hydrogen-bond donors (Lipinski definition) is 3. The second-order valence-electron chi connectivity index (χ2n) is 4.69. The van der Waals surface area contributed by atoms with Crippen molar-refractivity contribution in [1.29, 1.82) is 0 Å². The maximum absolute atomic E-state index is 5.66. The zero-order chi connectivity index (χ0) is 13.5. The Bertz CT molecular complexity index is 407. The summed E-state index contributed by atoms with van der Waals surface area (Å²) in [6, 6.07) is 9.85. The van der Waals surface area contributed by atoms with Gasteiger partial charge in [0.05, 0.1) is 6.10 Å². The second-order valence-corrected chi connectivity index (χ2v) is 4.69. The van der Waals surface area contributed by atoms with E-state index < -0.39 is 0 Å². The number of nitrogens with one attached hydrogen (secondary N) is 2. The summed E-state index contributed by atoms with van der Waals surface area (Å²) in [4.78, 5) is 4.51. The third-order valence-corrected chi connectivity index (χ3v) is 3.41. The lowest BCUT2D eigenvalue weighted by Gasteiger charge is -2.15. The van der Waals surface area contributed by atoms with E-state index in [4.69, 9.17) is 10.6 Å². The number of benzene rings is 1. The van der Waals surface area contributed by atoms with Gasteiger partial charge in [0.25, 0.3) is 0 Å². The summed E-state index contributed by atoms with van der Waals surface area (Å²) in [5.74, 6) is 6.58. The van der Waals surface area contributed by atoms with Crippen molar-refractivity contribution < 1.29 is 4.74 Å². The molecule has 1 heterocycles. The number of hydrazine groups is 1. The van der Waals surface area contributed by atoms with Gasteiger partial charge in [-0.1, -0.05) is 25.1 Å². The molecular weight excluding hydrogens is 240 g/mol. The molecule has 1 aliphatic rings. The highest BCUT2D eigenvalue weighted by Crippen LogP contribution is 2.23. The summed E-state index contributed by atoms with van der Waals surface area (Å²) in [6.07, 6.45) is 2.45. The molecule has 0 saturated carbocycles. The van der Waals surface area contributed by atoms with Crippen LogP contribution in [0.25, 0.3) is 0 Å². The SMILES string of the molecule is CCC1OCCC1CN=C(NN)Nc1ccccc1. The minimum absolute atomic E-state index is 0.333. The van der Waals surface area contributed by atoms with Crippen molar-refractivity contribution in [3.8, 4) is 0 Å². The number of hydrogen-bond acceptors (Lipinski definition) is 3. The number of para-hydroxylation sites is 1. The van der Waals surface area contributed by atoms with E-state index in [2.05, 4.69) is 22.7 Å². The zero-order valence-corrected chi connectivity index (χ0v) is 11.3. The lowest BCUT2D eigenvalue weighted by molar-refractivity contribution is 0.0893. The van der Waals surface area contributed by atoms with Crippen molar-refractivity contribution in [3.63, 3.8) is 0 Å². The molecule has 0 radical (unpaired) electrons. The predicted octanol–water partition coefficient (Wildman–Crippen LogP) is 1.73. The number of guanidine groups is 1. The van der Waals surface area contributed by atoms with E-state index in [1.807, 2.05) is 30.3 Å². The molecule has 0 amide bonds. The molecule has 19 heavy (non-hydrogen) atoms. The number of rotatable bonds is 4. The number of nitrogens with zero attached hydrogens (tertiary/aromatic N) is 1. The molecule has 1 aliphatic heterocycles. The molecule has 1 fully saturated rings. The molecule has 104 valence electrons. The molecule has 1 saturated heterocycles. The highest BCUT2D eigenvalue weighted by Gasteiger charge is 2.26. The fourth-order valence-electron chi connectivity index (χ4n) is 2.34. The number of ether oxygens (including phenoxy) is 1. The number of aliphatic imine (C=N–C) groups is 1. The first kappa shape index (κ1) is 13.8. The van der Waals surface area contributed by atoms with Gasteiger partial charge >= 0.3 is 0 Å². The normalized spacial score (nSPS) is 23.4. The van der Waals surface area contributed by atoms with Crippen LogP contribution in [0.2, 0.25) is 0 Å². The molecule has 1 aromatic carbocycles. The van der Waals surface area contributed by atoms with E-state index in [1.54, 1.807) is 0 Å². The molecule has 4 N–H and O–H groups in total. The largest absolute Gasteiger partial charge is 0.378 e. The van der Waals surface area contributed by atoms with Crippen LogP contribution in [0, 0.1) is 5.92 Å². The Morgan fingerprint density at radius 1 is 1.42 bits per heavy atom. The van der Waals surface area contributed by atoms with Crippen LogP contribution in [0.5, 0.6) is 0 Å². The first-order valence-electron chi connectivity index (χ1n) is 6.78. The van der Waals surface area contributed by atoms with Gasteiger partial charge in [-0.25, -0.2) is 5.84 Å². The maximum atomic E-state index is 5.66. The van der Waals surface area contributed by atoms with Gasteiger partial charge in [-0.05, 0) is 25.0 Å². The van der Waals surface area contributed by atoms with E-state index in [0.717, 1.165) is 31.7 Å². The summed E-state index contributed by atoms with van der Waals surface area (Å²) >= 11 is 0. The second kappa shape index (κ2) is 7.11. The fourth-order valence-corrected chi connectivity index (χ4v) is 2.34. The molecule has 0 bridgehead atoms. The Morgan fingerprint density at radius 2 is 2.21 bits per heavy atom. The summed E-state index contributed by atoms with van der Waals surface area (Å²) in [7, 11) is 0. The third-order valence-electron chi connectivity index (χ3n) is 3.41.